The van der Waals surface area contributed by atoms with Crippen molar-refractivity contribution < 1.29 is 22.7 Å². The van der Waals surface area contributed by atoms with Gasteiger partial charge in [0.1, 0.15) is 0 Å². The van der Waals surface area contributed by atoms with Crippen LogP contribution in [0.25, 0.3) is 0 Å². The maximum Gasteiger partial charge on any atom is 0.243 e. The van der Waals surface area contributed by atoms with Crippen LogP contribution in [0, 0.1) is 0 Å². The zero-order chi connectivity index (χ0) is 21.8. The molecule has 31 heavy (non-hydrogen) atoms. The number of nitrogens with zero attached hydrogens (tertiary/aromatic N) is 2. The van der Waals surface area contributed by atoms with Crippen molar-refractivity contribution in [2.75, 3.05) is 37.7 Å². The van der Waals surface area contributed by atoms with Crippen molar-refractivity contribution in [3.8, 4) is 0 Å². The third-order valence-corrected chi connectivity index (χ3v) is 7.64. The Morgan fingerprint density at radius 3 is 2.42 bits per heavy atom. The molecule has 7 nitrogen and oxygen atoms in total. The van der Waals surface area contributed by atoms with Gasteiger partial charge in [-0.05, 0) is 36.6 Å². The largest absolute Gasteiger partial charge is 0.379 e. The topological polar surface area (TPSA) is 84.0 Å². The molecule has 0 saturated carbocycles. The Hall–Kier alpha value is -2.55. The highest BCUT2D eigenvalue weighted by molar-refractivity contribution is 7.89. The van der Waals surface area contributed by atoms with Gasteiger partial charge in [0.05, 0.1) is 18.1 Å². The standard InChI is InChI=1S/C23H26N2O5S/c26-22(18-5-2-1-3-6-18)7-4-8-23(27)25-12-11-19-17-20(9-10-21(19)25)31(28,29)24-13-15-30-16-14-24/h1-3,5-6,9-10,17H,4,7-8,11-16H2. The van der Waals surface area contributed by atoms with Crippen molar-refractivity contribution in [1.29, 1.82) is 0 Å². The summed E-state index contributed by atoms with van der Waals surface area (Å²) in [6.45, 7) is 2.04. The summed E-state index contributed by atoms with van der Waals surface area (Å²) < 4.78 is 32.5. The highest BCUT2D eigenvalue weighted by Gasteiger charge is 2.30. The molecular formula is C23H26N2O5S. The minimum atomic E-state index is -3.56. The highest BCUT2D eigenvalue weighted by Crippen LogP contribution is 2.32. The molecular weight excluding hydrogens is 416 g/mol. The number of ether oxygens (including phenoxy) is 1. The number of morpholine rings is 1. The van der Waals surface area contributed by atoms with Crippen molar-refractivity contribution in [2.24, 2.45) is 0 Å². The van der Waals surface area contributed by atoms with Crippen molar-refractivity contribution in [1.82, 2.24) is 4.31 Å². The number of carbonyl (C=O) groups is 2. The number of hydrogen-bond acceptors (Lipinski definition) is 5. The normalized spacial score (nSPS) is 16.8. The molecule has 2 aromatic rings. The molecule has 8 heteroatoms. The van der Waals surface area contributed by atoms with Crippen molar-refractivity contribution in [2.45, 2.75) is 30.6 Å². The Bertz CT molecular complexity index is 1060. The van der Waals surface area contributed by atoms with Crippen molar-refractivity contribution in [3.63, 3.8) is 0 Å². The zero-order valence-electron chi connectivity index (χ0n) is 17.3. The number of benzene rings is 2. The number of sulfonamides is 1. The number of Topliss-reactive ketones (excluding diaryl/α,β-unsaturated/α-hetero) is 1. The molecule has 164 valence electrons. The molecule has 2 aliphatic rings. The summed E-state index contributed by atoms with van der Waals surface area (Å²) in [5, 5.41) is 0. The average molecular weight is 443 g/mol. The molecule has 1 fully saturated rings. The predicted molar refractivity (Wildman–Crippen MR) is 117 cm³/mol. The van der Waals surface area contributed by atoms with E-state index < -0.39 is 10.0 Å². The maximum atomic E-state index is 12.9. The second-order valence-electron chi connectivity index (χ2n) is 7.75. The first-order chi connectivity index (χ1) is 15.0. The molecule has 1 amide bonds. The van der Waals surface area contributed by atoms with Gasteiger partial charge < -0.3 is 9.64 Å². The van der Waals surface area contributed by atoms with Crippen LogP contribution in [0.1, 0.15) is 35.2 Å². The third-order valence-electron chi connectivity index (χ3n) is 5.75. The van der Waals surface area contributed by atoms with E-state index in [4.69, 9.17) is 4.74 Å². The zero-order valence-corrected chi connectivity index (χ0v) is 18.1. The van der Waals surface area contributed by atoms with Gasteiger partial charge in [0.2, 0.25) is 15.9 Å². The molecule has 0 bridgehead atoms. The SMILES string of the molecule is O=C(CCCC(=O)N1CCc2cc(S(=O)(=O)N3CCOCC3)ccc21)c1ccccc1. The van der Waals surface area contributed by atoms with Crippen LogP contribution < -0.4 is 4.90 Å². The summed E-state index contributed by atoms with van der Waals surface area (Å²) in [5.74, 6) is -0.00317. The Kier molecular flexibility index (Phi) is 6.50. The van der Waals surface area contributed by atoms with Gasteiger partial charge in [-0.3, -0.25) is 9.59 Å². The van der Waals surface area contributed by atoms with Crippen LogP contribution in [-0.4, -0.2) is 57.3 Å². The van der Waals surface area contributed by atoms with Gasteiger partial charge in [-0.2, -0.15) is 4.31 Å². The average Bonchev–Trinajstić information content (AvgIpc) is 3.23. The highest BCUT2D eigenvalue weighted by atomic mass is 32.2. The quantitative estimate of drug-likeness (QED) is 0.616. The summed E-state index contributed by atoms with van der Waals surface area (Å²) in [6, 6.07) is 14.1. The molecule has 0 aliphatic carbocycles. The lowest BCUT2D eigenvalue weighted by atomic mass is 10.1. The molecule has 2 heterocycles. The van der Waals surface area contributed by atoms with Crippen molar-refractivity contribution in [3.05, 3.63) is 59.7 Å². The van der Waals surface area contributed by atoms with E-state index in [0.29, 0.717) is 57.7 Å². The van der Waals surface area contributed by atoms with Gasteiger partial charge in [-0.1, -0.05) is 30.3 Å². The summed E-state index contributed by atoms with van der Waals surface area (Å²) in [6.07, 6.45) is 1.72. The molecule has 0 N–H and O–H groups in total. The predicted octanol–water partition coefficient (Wildman–Crippen LogP) is 2.65. The van der Waals surface area contributed by atoms with Crippen LogP contribution >= 0.6 is 0 Å². The second-order valence-corrected chi connectivity index (χ2v) is 9.68. The third kappa shape index (κ3) is 4.71. The first-order valence-electron chi connectivity index (χ1n) is 10.6. The van der Waals surface area contributed by atoms with Gasteiger partial charge in [0, 0.05) is 43.7 Å². The minimum Gasteiger partial charge on any atom is -0.379 e. The smallest absolute Gasteiger partial charge is 0.243 e. The molecule has 1 saturated heterocycles. The van der Waals surface area contributed by atoms with Crippen molar-refractivity contribution >= 4 is 27.4 Å². The molecule has 4 rings (SSSR count). The van der Waals surface area contributed by atoms with E-state index in [1.807, 2.05) is 18.2 Å². The van der Waals surface area contributed by atoms with Crippen LogP contribution in [0.2, 0.25) is 0 Å². The summed E-state index contributed by atoms with van der Waals surface area (Å²) in [7, 11) is -3.56. The van der Waals surface area contributed by atoms with Gasteiger partial charge in [-0.25, -0.2) is 8.42 Å². The summed E-state index contributed by atoms with van der Waals surface area (Å²) in [5.41, 5.74) is 2.29. The Morgan fingerprint density at radius 2 is 1.68 bits per heavy atom. The van der Waals surface area contributed by atoms with Crippen LogP contribution in [0.15, 0.2) is 53.4 Å². The number of ketones is 1. The van der Waals surface area contributed by atoms with Gasteiger partial charge >= 0.3 is 0 Å². The van der Waals surface area contributed by atoms with E-state index in [-0.39, 0.29) is 23.0 Å². The number of hydrogen-bond donors (Lipinski definition) is 0. The first kappa shape index (κ1) is 21.7. The van der Waals surface area contributed by atoms with E-state index in [2.05, 4.69) is 0 Å². The number of anilines is 1. The summed E-state index contributed by atoms with van der Waals surface area (Å²) >= 11 is 0. The molecule has 0 atom stereocenters. The minimum absolute atomic E-state index is 0.0354. The number of carbonyl (C=O) groups excluding carboxylic acids is 2. The summed E-state index contributed by atoms with van der Waals surface area (Å²) in [4.78, 5) is 26.9. The van der Waals surface area contributed by atoms with E-state index in [9.17, 15) is 18.0 Å². The molecule has 0 unspecified atom stereocenters. The van der Waals surface area contributed by atoms with Gasteiger partial charge in [0.25, 0.3) is 0 Å². The molecule has 0 radical (unpaired) electrons. The Morgan fingerprint density at radius 1 is 0.935 bits per heavy atom. The molecule has 0 aromatic heterocycles. The monoisotopic (exact) mass is 442 g/mol. The molecule has 0 spiro atoms. The Balaban J connectivity index is 1.38. The molecule has 2 aliphatic heterocycles. The van der Waals surface area contributed by atoms with Crippen LogP contribution in [0.3, 0.4) is 0 Å². The fourth-order valence-corrected chi connectivity index (χ4v) is 5.50. The van der Waals surface area contributed by atoms with Gasteiger partial charge in [0.15, 0.2) is 5.78 Å². The lowest BCUT2D eigenvalue weighted by molar-refractivity contribution is -0.118. The van der Waals surface area contributed by atoms with Crippen LogP contribution in [0.4, 0.5) is 5.69 Å². The Labute approximate surface area is 182 Å². The molecule has 2 aromatic carbocycles. The van der Waals surface area contributed by atoms with E-state index in [1.54, 1.807) is 35.2 Å². The van der Waals surface area contributed by atoms with E-state index in [0.717, 1.165) is 11.3 Å². The van der Waals surface area contributed by atoms with Crippen LogP contribution in [0.5, 0.6) is 0 Å². The van der Waals surface area contributed by atoms with Gasteiger partial charge in [-0.15, -0.1) is 0 Å². The lowest BCUT2D eigenvalue weighted by Crippen LogP contribution is -2.40. The maximum absolute atomic E-state index is 12.9. The first-order valence-corrected chi connectivity index (χ1v) is 12.0. The number of amides is 1. The van der Waals surface area contributed by atoms with E-state index in [1.165, 1.54) is 4.31 Å². The number of rotatable bonds is 7. The fourth-order valence-electron chi connectivity index (χ4n) is 4.04. The second kappa shape index (κ2) is 9.30. The number of fused-ring (bicyclic) bond motifs is 1. The lowest BCUT2D eigenvalue weighted by Gasteiger charge is -2.26. The fraction of sp³-hybridized carbons (Fsp3) is 0.391. The van der Waals surface area contributed by atoms with Crippen LogP contribution in [-0.2, 0) is 26.0 Å². The van der Waals surface area contributed by atoms with E-state index >= 15 is 0 Å².